The van der Waals surface area contributed by atoms with Crippen LogP contribution in [-0.4, -0.2) is 18.2 Å². The first-order valence-corrected chi connectivity index (χ1v) is 5.00. The van der Waals surface area contributed by atoms with Crippen LogP contribution < -0.4 is 10.7 Å². The molecule has 0 saturated heterocycles. The van der Waals surface area contributed by atoms with Gasteiger partial charge in [0.05, 0.1) is 23.1 Å². The first-order valence-electron chi connectivity index (χ1n) is 3.87. The minimum Gasteiger partial charge on any atom is -0.504 e. The molecule has 0 radical (unpaired) electrons. The second-order valence-electron chi connectivity index (χ2n) is 2.75. The minimum atomic E-state index is -0.153. The van der Waals surface area contributed by atoms with Gasteiger partial charge in [0, 0.05) is 0 Å². The predicted molar refractivity (Wildman–Crippen MR) is 55.2 cm³/mol. The Kier molecular flexibility index (Phi) is 2.56. The lowest BCUT2D eigenvalue weighted by molar-refractivity contribution is 0.465. The quantitative estimate of drug-likeness (QED) is 0.700. The molecule has 2 rings (SSSR count). The number of halogens is 3. The van der Waals surface area contributed by atoms with E-state index in [1.165, 1.54) is 0 Å². The van der Waals surface area contributed by atoms with Crippen molar-refractivity contribution in [3.05, 3.63) is 25.8 Å². The van der Waals surface area contributed by atoms with Gasteiger partial charge in [-0.25, -0.2) is 0 Å². The Balaban J connectivity index is 3.01. The molecule has 0 saturated carbocycles. The molecule has 0 aliphatic carbocycles. The molecular formula is C8H5Cl3N2O. The lowest BCUT2D eigenvalue weighted by Gasteiger charge is -2.06. The van der Waals surface area contributed by atoms with Crippen LogP contribution in [0.2, 0.25) is 15.1 Å². The van der Waals surface area contributed by atoms with Gasteiger partial charge in [-0.05, 0) is 0 Å². The SMILES string of the molecule is Oc1c(Cl)c(Cl)c(Cl)c2c1=NCCN=2. The molecule has 1 aliphatic heterocycles. The fourth-order valence-electron chi connectivity index (χ4n) is 1.24. The van der Waals surface area contributed by atoms with Gasteiger partial charge in [-0.15, -0.1) is 0 Å². The normalized spacial score (nSPS) is 14.2. The van der Waals surface area contributed by atoms with Crippen LogP contribution in [0.1, 0.15) is 0 Å². The molecule has 0 unspecified atom stereocenters. The standard InChI is InChI=1S/C8H5Cl3N2O/c9-3-4(10)6-7(8(14)5(3)11)13-2-1-12-6/h14H,1-2H2. The Labute approximate surface area is 94.7 Å². The van der Waals surface area contributed by atoms with Crippen LogP contribution in [0.15, 0.2) is 9.98 Å². The third-order valence-electron chi connectivity index (χ3n) is 1.89. The maximum absolute atomic E-state index is 9.62. The molecule has 0 amide bonds. The topological polar surface area (TPSA) is 45.0 Å². The largest absolute Gasteiger partial charge is 0.504 e. The molecular weight excluding hydrogens is 246 g/mol. The molecule has 0 bridgehead atoms. The second kappa shape index (κ2) is 3.57. The molecule has 1 aromatic carbocycles. The zero-order valence-corrected chi connectivity index (χ0v) is 9.16. The Morgan fingerprint density at radius 1 is 0.857 bits per heavy atom. The summed E-state index contributed by atoms with van der Waals surface area (Å²) >= 11 is 17.5. The zero-order valence-electron chi connectivity index (χ0n) is 6.89. The van der Waals surface area contributed by atoms with E-state index in [0.29, 0.717) is 23.8 Å². The number of rotatable bonds is 0. The highest BCUT2D eigenvalue weighted by Gasteiger charge is 2.15. The highest BCUT2D eigenvalue weighted by Crippen LogP contribution is 2.31. The van der Waals surface area contributed by atoms with Crippen molar-refractivity contribution in [2.24, 2.45) is 9.98 Å². The highest BCUT2D eigenvalue weighted by molar-refractivity contribution is 6.48. The summed E-state index contributed by atoms with van der Waals surface area (Å²) in [5.41, 5.74) is 0. The molecule has 0 fully saturated rings. The summed E-state index contributed by atoms with van der Waals surface area (Å²) in [6.07, 6.45) is 0. The maximum Gasteiger partial charge on any atom is 0.163 e. The van der Waals surface area contributed by atoms with E-state index in [0.717, 1.165) is 0 Å². The van der Waals surface area contributed by atoms with E-state index >= 15 is 0 Å². The summed E-state index contributed by atoms with van der Waals surface area (Å²) in [6, 6.07) is 0. The van der Waals surface area contributed by atoms with Crippen molar-refractivity contribution in [2.45, 2.75) is 0 Å². The van der Waals surface area contributed by atoms with Crippen molar-refractivity contribution in [1.82, 2.24) is 0 Å². The lowest BCUT2D eigenvalue weighted by Crippen LogP contribution is -2.31. The third kappa shape index (κ3) is 1.36. The molecule has 1 N–H and O–H groups in total. The van der Waals surface area contributed by atoms with Crippen LogP contribution in [-0.2, 0) is 0 Å². The van der Waals surface area contributed by atoms with Gasteiger partial charge in [-0.3, -0.25) is 9.98 Å². The van der Waals surface area contributed by atoms with Crippen LogP contribution in [0, 0.1) is 0 Å². The average molecular weight is 251 g/mol. The van der Waals surface area contributed by atoms with E-state index in [9.17, 15) is 5.11 Å². The van der Waals surface area contributed by atoms with Gasteiger partial charge >= 0.3 is 0 Å². The molecule has 6 heteroatoms. The van der Waals surface area contributed by atoms with E-state index in [-0.39, 0.29) is 20.8 Å². The average Bonchev–Trinajstić information content (AvgIpc) is 2.23. The molecule has 0 atom stereocenters. The number of benzene rings is 1. The van der Waals surface area contributed by atoms with Gasteiger partial charge in [0.15, 0.2) is 5.75 Å². The summed E-state index contributed by atoms with van der Waals surface area (Å²) in [5.74, 6) is -0.153. The van der Waals surface area contributed by atoms with Crippen molar-refractivity contribution in [1.29, 1.82) is 0 Å². The molecule has 3 nitrogen and oxygen atoms in total. The number of nitrogens with zero attached hydrogens (tertiary/aromatic N) is 2. The molecule has 1 heterocycles. The van der Waals surface area contributed by atoms with Crippen LogP contribution in [0.4, 0.5) is 0 Å². The highest BCUT2D eigenvalue weighted by atomic mass is 35.5. The van der Waals surface area contributed by atoms with Crippen molar-refractivity contribution in [2.75, 3.05) is 13.1 Å². The van der Waals surface area contributed by atoms with Crippen molar-refractivity contribution < 1.29 is 5.11 Å². The molecule has 14 heavy (non-hydrogen) atoms. The van der Waals surface area contributed by atoms with Crippen molar-refractivity contribution in [3.8, 4) is 5.75 Å². The molecule has 1 aromatic rings. The summed E-state index contributed by atoms with van der Waals surface area (Å²) in [7, 11) is 0. The van der Waals surface area contributed by atoms with Crippen molar-refractivity contribution >= 4 is 34.8 Å². The number of phenols is 1. The Morgan fingerprint density at radius 3 is 2.07 bits per heavy atom. The van der Waals surface area contributed by atoms with E-state index in [4.69, 9.17) is 34.8 Å². The van der Waals surface area contributed by atoms with Gasteiger partial charge in [-0.2, -0.15) is 0 Å². The van der Waals surface area contributed by atoms with Crippen LogP contribution in [0.25, 0.3) is 0 Å². The first-order chi connectivity index (χ1) is 6.63. The van der Waals surface area contributed by atoms with Crippen LogP contribution in [0.3, 0.4) is 0 Å². The molecule has 74 valence electrons. The van der Waals surface area contributed by atoms with Crippen LogP contribution >= 0.6 is 34.8 Å². The number of aromatic hydroxyl groups is 1. The Morgan fingerprint density at radius 2 is 1.43 bits per heavy atom. The predicted octanol–water partition coefficient (Wildman–Crippen LogP) is 1.61. The fourth-order valence-corrected chi connectivity index (χ4v) is 1.90. The van der Waals surface area contributed by atoms with Crippen LogP contribution in [0.5, 0.6) is 5.75 Å². The van der Waals surface area contributed by atoms with E-state index in [1.54, 1.807) is 0 Å². The van der Waals surface area contributed by atoms with Gasteiger partial charge < -0.3 is 5.11 Å². The summed E-state index contributed by atoms with van der Waals surface area (Å²) in [4.78, 5) is 8.21. The van der Waals surface area contributed by atoms with Gasteiger partial charge in [-0.1, -0.05) is 34.8 Å². The monoisotopic (exact) mass is 250 g/mol. The summed E-state index contributed by atoms with van der Waals surface area (Å²) < 4.78 is 0. The van der Waals surface area contributed by atoms with E-state index < -0.39 is 0 Å². The number of hydrogen-bond acceptors (Lipinski definition) is 3. The first kappa shape index (κ1) is 10.0. The van der Waals surface area contributed by atoms with E-state index in [1.807, 2.05) is 0 Å². The summed E-state index contributed by atoms with van der Waals surface area (Å²) in [6.45, 7) is 1.07. The van der Waals surface area contributed by atoms with Crippen molar-refractivity contribution in [3.63, 3.8) is 0 Å². The zero-order chi connectivity index (χ0) is 10.3. The fraction of sp³-hybridized carbons (Fsp3) is 0.250. The number of fused-ring (bicyclic) bond motifs is 1. The maximum atomic E-state index is 9.62. The molecule has 1 aliphatic rings. The van der Waals surface area contributed by atoms with Gasteiger partial charge in [0.2, 0.25) is 0 Å². The number of phenolic OH excluding ortho intramolecular Hbond substituents is 1. The second-order valence-corrected chi connectivity index (χ2v) is 3.89. The number of hydrogen-bond donors (Lipinski definition) is 1. The lowest BCUT2D eigenvalue weighted by atomic mass is 10.3. The molecule has 0 aromatic heterocycles. The minimum absolute atomic E-state index is 0.0243. The van der Waals surface area contributed by atoms with E-state index in [2.05, 4.69) is 9.98 Å². The third-order valence-corrected chi connectivity index (χ3v) is 3.20. The Bertz CT molecular complexity index is 466. The summed E-state index contributed by atoms with van der Waals surface area (Å²) in [5, 5.41) is 10.8. The smallest absolute Gasteiger partial charge is 0.163 e. The van der Waals surface area contributed by atoms with Gasteiger partial charge in [0.1, 0.15) is 15.7 Å². The van der Waals surface area contributed by atoms with Gasteiger partial charge in [0.25, 0.3) is 0 Å². The molecule has 0 spiro atoms. The Hall–Kier alpha value is -0.510.